The minimum Gasteiger partial charge on any atom is -0.280 e. The monoisotopic (exact) mass is 300 g/mol. The number of rotatable bonds is 5. The van der Waals surface area contributed by atoms with Crippen molar-refractivity contribution in [2.75, 3.05) is 11.4 Å². The molecule has 2 aromatic rings. The van der Waals surface area contributed by atoms with E-state index in [0.29, 0.717) is 12.2 Å². The highest BCUT2D eigenvalue weighted by molar-refractivity contribution is 7.90. The van der Waals surface area contributed by atoms with Crippen molar-refractivity contribution in [2.24, 2.45) is 0 Å². The smallest absolute Gasteiger partial charge is 0.184 e. The molecule has 0 spiro atoms. The van der Waals surface area contributed by atoms with Gasteiger partial charge in [0.2, 0.25) is 0 Å². The van der Waals surface area contributed by atoms with E-state index in [1.807, 2.05) is 31.3 Å². The van der Waals surface area contributed by atoms with Crippen LogP contribution in [0.1, 0.15) is 12.5 Å². The molecule has 0 aliphatic heterocycles. The van der Waals surface area contributed by atoms with E-state index >= 15 is 0 Å². The zero-order chi connectivity index (χ0) is 15.3. The Hall–Kier alpha value is -2.32. The van der Waals surface area contributed by atoms with Gasteiger partial charge in [-0.1, -0.05) is 30.3 Å². The molecule has 2 aromatic carbocycles. The van der Waals surface area contributed by atoms with Crippen LogP contribution in [0.25, 0.3) is 0 Å². The fourth-order valence-electron chi connectivity index (χ4n) is 2.02. The summed E-state index contributed by atoms with van der Waals surface area (Å²) in [6.07, 6.45) is 2.05. The van der Waals surface area contributed by atoms with Crippen LogP contribution in [0.4, 0.5) is 5.69 Å². The predicted octanol–water partition coefficient (Wildman–Crippen LogP) is 2.97. The fraction of sp³-hybridized carbons (Fsp3) is 0.188. The molecular weight excluding hydrogens is 284 g/mol. The van der Waals surface area contributed by atoms with Crippen molar-refractivity contribution in [1.29, 1.82) is 5.26 Å². The number of benzene rings is 2. The van der Waals surface area contributed by atoms with Crippen LogP contribution < -0.4 is 4.90 Å². The Bertz CT molecular complexity index is 732. The first-order valence-electron chi connectivity index (χ1n) is 6.61. The van der Waals surface area contributed by atoms with E-state index in [0.717, 1.165) is 5.56 Å². The van der Waals surface area contributed by atoms with E-state index in [1.54, 1.807) is 36.4 Å². The topological polar surface area (TPSA) is 61.2 Å². The second-order valence-corrected chi connectivity index (χ2v) is 6.57. The summed E-state index contributed by atoms with van der Waals surface area (Å²) in [6.45, 7) is 2.41. The molecule has 4 nitrogen and oxygen atoms in total. The first-order chi connectivity index (χ1) is 10.1. The molecule has 21 heavy (non-hydrogen) atoms. The van der Waals surface area contributed by atoms with Crippen LogP contribution in [0.3, 0.4) is 0 Å². The van der Waals surface area contributed by atoms with Crippen molar-refractivity contribution in [3.8, 4) is 6.19 Å². The molecule has 2 rings (SSSR count). The Kier molecular flexibility index (Phi) is 4.61. The van der Waals surface area contributed by atoms with Crippen molar-refractivity contribution in [3.63, 3.8) is 0 Å². The van der Waals surface area contributed by atoms with E-state index in [9.17, 15) is 8.42 Å². The first kappa shape index (κ1) is 15.1. The summed E-state index contributed by atoms with van der Waals surface area (Å²) in [4.78, 5) is 1.76. The molecule has 0 aliphatic rings. The van der Waals surface area contributed by atoms with Crippen LogP contribution in [0.5, 0.6) is 0 Å². The number of anilines is 1. The molecule has 0 radical (unpaired) electrons. The third-order valence-electron chi connectivity index (χ3n) is 3.14. The van der Waals surface area contributed by atoms with Crippen molar-refractivity contribution < 1.29 is 8.42 Å². The van der Waals surface area contributed by atoms with Crippen LogP contribution >= 0.6 is 0 Å². The van der Waals surface area contributed by atoms with Gasteiger partial charge in [-0.05, 0) is 36.8 Å². The number of nitriles is 1. The molecule has 0 saturated heterocycles. The van der Waals surface area contributed by atoms with Crippen molar-refractivity contribution in [3.05, 3.63) is 60.2 Å². The van der Waals surface area contributed by atoms with Gasteiger partial charge in [0.15, 0.2) is 16.0 Å². The number of hydrogen-bond acceptors (Lipinski definition) is 4. The van der Waals surface area contributed by atoms with Gasteiger partial charge in [-0.25, -0.2) is 8.42 Å². The van der Waals surface area contributed by atoms with E-state index in [2.05, 4.69) is 0 Å². The molecule has 0 fully saturated rings. The normalized spacial score (nSPS) is 10.9. The summed E-state index contributed by atoms with van der Waals surface area (Å²) in [5, 5.41) is 8.96. The lowest BCUT2D eigenvalue weighted by Gasteiger charge is -2.13. The van der Waals surface area contributed by atoms with Crippen LogP contribution in [0.2, 0.25) is 0 Å². The van der Waals surface area contributed by atoms with Gasteiger partial charge >= 0.3 is 0 Å². The summed E-state index contributed by atoms with van der Waals surface area (Å²) in [7, 11) is -3.37. The zero-order valence-corrected chi connectivity index (χ0v) is 12.5. The van der Waals surface area contributed by atoms with Gasteiger partial charge in [-0.15, -0.1) is 0 Å². The van der Waals surface area contributed by atoms with Crippen molar-refractivity contribution in [1.82, 2.24) is 0 Å². The Morgan fingerprint density at radius 2 is 1.67 bits per heavy atom. The highest BCUT2D eigenvalue weighted by atomic mass is 32.2. The number of hydrogen-bond donors (Lipinski definition) is 0. The maximum Gasteiger partial charge on any atom is 0.184 e. The standard InChI is InChI=1S/C16H16N2O2S/c1-2-18(13-17)15-8-10-16(11-9-15)21(19,20)12-14-6-4-3-5-7-14/h3-11H,2,12H2,1H3. The molecule has 0 N–H and O–H groups in total. The minimum atomic E-state index is -3.37. The lowest BCUT2D eigenvalue weighted by molar-refractivity contribution is 0.595. The van der Waals surface area contributed by atoms with E-state index in [4.69, 9.17) is 5.26 Å². The second kappa shape index (κ2) is 6.42. The number of nitrogens with zero attached hydrogens (tertiary/aromatic N) is 2. The molecule has 0 aromatic heterocycles. The lowest BCUT2D eigenvalue weighted by Crippen LogP contribution is -2.15. The minimum absolute atomic E-state index is 0.0249. The van der Waals surface area contributed by atoms with Gasteiger partial charge in [-0.2, -0.15) is 5.26 Å². The average Bonchev–Trinajstić information content (AvgIpc) is 2.50. The van der Waals surface area contributed by atoms with Crippen LogP contribution in [0, 0.1) is 11.5 Å². The van der Waals surface area contributed by atoms with Crippen molar-refractivity contribution >= 4 is 15.5 Å². The summed E-state index contributed by atoms with van der Waals surface area (Å²) in [5.74, 6) is -0.0249. The van der Waals surface area contributed by atoms with Crippen molar-refractivity contribution in [2.45, 2.75) is 17.6 Å². The maximum atomic E-state index is 12.3. The fourth-order valence-corrected chi connectivity index (χ4v) is 3.37. The Morgan fingerprint density at radius 3 is 2.19 bits per heavy atom. The summed E-state index contributed by atoms with van der Waals surface area (Å²) < 4.78 is 24.7. The van der Waals surface area contributed by atoms with Gasteiger partial charge < -0.3 is 0 Å². The quantitative estimate of drug-likeness (QED) is 0.629. The summed E-state index contributed by atoms with van der Waals surface area (Å²) >= 11 is 0. The van der Waals surface area contributed by atoms with Gasteiger partial charge in [0.25, 0.3) is 0 Å². The molecule has 0 atom stereocenters. The maximum absolute atomic E-state index is 12.3. The third-order valence-corrected chi connectivity index (χ3v) is 4.85. The third kappa shape index (κ3) is 3.61. The van der Waals surface area contributed by atoms with Gasteiger partial charge in [0, 0.05) is 6.54 Å². The molecule has 0 unspecified atom stereocenters. The molecule has 0 heterocycles. The van der Waals surface area contributed by atoms with E-state index in [-0.39, 0.29) is 10.6 Å². The molecule has 0 aliphatic carbocycles. The molecule has 0 saturated carbocycles. The second-order valence-electron chi connectivity index (χ2n) is 4.58. The van der Waals surface area contributed by atoms with Crippen LogP contribution in [0.15, 0.2) is 59.5 Å². The molecule has 0 bridgehead atoms. The van der Waals surface area contributed by atoms with Crippen LogP contribution in [-0.2, 0) is 15.6 Å². The summed E-state index contributed by atoms with van der Waals surface area (Å²) in [5.41, 5.74) is 1.45. The summed E-state index contributed by atoms with van der Waals surface area (Å²) in [6, 6.07) is 15.5. The Balaban J connectivity index is 2.24. The van der Waals surface area contributed by atoms with E-state index in [1.165, 1.54) is 4.90 Å². The predicted molar refractivity (Wildman–Crippen MR) is 82.4 cm³/mol. The van der Waals surface area contributed by atoms with Crippen LogP contribution in [-0.4, -0.2) is 15.0 Å². The highest BCUT2D eigenvalue weighted by Crippen LogP contribution is 2.20. The Labute approximate surface area is 125 Å². The largest absolute Gasteiger partial charge is 0.280 e. The van der Waals surface area contributed by atoms with Gasteiger partial charge in [0.05, 0.1) is 16.3 Å². The molecule has 108 valence electrons. The SMILES string of the molecule is CCN(C#N)c1ccc(S(=O)(=O)Cc2ccccc2)cc1. The average molecular weight is 300 g/mol. The zero-order valence-electron chi connectivity index (χ0n) is 11.7. The lowest BCUT2D eigenvalue weighted by atomic mass is 10.2. The number of sulfone groups is 1. The van der Waals surface area contributed by atoms with Gasteiger partial charge in [-0.3, -0.25) is 4.90 Å². The molecule has 0 amide bonds. The van der Waals surface area contributed by atoms with E-state index < -0.39 is 9.84 Å². The van der Waals surface area contributed by atoms with Gasteiger partial charge in [0.1, 0.15) is 0 Å². The first-order valence-corrected chi connectivity index (χ1v) is 8.26. The molecular formula is C16H16N2O2S. The Morgan fingerprint density at radius 1 is 1.05 bits per heavy atom. The molecule has 5 heteroatoms. The highest BCUT2D eigenvalue weighted by Gasteiger charge is 2.15.